The van der Waals surface area contributed by atoms with Crippen LogP contribution in [0.5, 0.6) is 5.75 Å². The monoisotopic (exact) mass is 455 g/mol. The van der Waals surface area contributed by atoms with Gasteiger partial charge in [-0.15, -0.1) is 0 Å². The number of phenols is 1. The Hall–Kier alpha value is -2.29. The Labute approximate surface area is 159 Å². The maximum atomic E-state index is 12.4. The molecule has 0 aliphatic heterocycles. The Bertz CT molecular complexity index is 736. The van der Waals surface area contributed by atoms with E-state index in [1.165, 1.54) is 7.11 Å². The number of hydrogen-bond donors (Lipinski definition) is 2. The predicted octanol–water partition coefficient (Wildman–Crippen LogP) is 3.01. The molecule has 1 unspecified atom stereocenters. The van der Waals surface area contributed by atoms with E-state index in [4.69, 9.17) is 4.74 Å². The Morgan fingerprint density at radius 1 is 1.16 bits per heavy atom. The zero-order valence-corrected chi connectivity index (χ0v) is 15.7. The largest absolute Gasteiger partial charge is 0.507 e. The molecule has 0 fully saturated rings. The minimum absolute atomic E-state index is 0.117. The van der Waals surface area contributed by atoms with Crippen LogP contribution in [0.25, 0.3) is 0 Å². The van der Waals surface area contributed by atoms with Crippen LogP contribution in [0, 0.1) is 3.57 Å². The molecule has 6 nitrogen and oxygen atoms in total. The van der Waals surface area contributed by atoms with Crippen molar-refractivity contribution in [2.45, 2.75) is 19.1 Å². The summed E-state index contributed by atoms with van der Waals surface area (Å²) in [6.07, 6.45) is -0.492. The molecule has 0 aliphatic carbocycles. The Morgan fingerprint density at radius 3 is 2.52 bits per heavy atom. The van der Waals surface area contributed by atoms with Crippen LogP contribution in [0.4, 0.5) is 4.79 Å². The van der Waals surface area contributed by atoms with Crippen LogP contribution >= 0.6 is 22.6 Å². The number of halogens is 1. The number of methoxy groups -OCH3 is 1. The molecule has 2 aromatic rings. The Kier molecular flexibility index (Phi) is 7.05. The van der Waals surface area contributed by atoms with Crippen molar-refractivity contribution in [1.82, 2.24) is 5.32 Å². The second kappa shape index (κ2) is 9.26. The number of carbonyl (C=O) groups is 2. The predicted molar refractivity (Wildman–Crippen MR) is 100 cm³/mol. The lowest BCUT2D eigenvalue weighted by Crippen LogP contribution is -2.43. The van der Waals surface area contributed by atoms with Crippen molar-refractivity contribution in [2.75, 3.05) is 7.11 Å². The van der Waals surface area contributed by atoms with Gasteiger partial charge in [-0.2, -0.15) is 0 Å². The van der Waals surface area contributed by atoms with Gasteiger partial charge < -0.3 is 19.9 Å². The van der Waals surface area contributed by atoms with E-state index in [2.05, 4.69) is 10.1 Å². The molecular weight excluding hydrogens is 437 g/mol. The number of benzene rings is 2. The summed E-state index contributed by atoms with van der Waals surface area (Å²) in [5.74, 6) is -0.397. The SMILES string of the molecule is COC(=O)NC(Cc1ccc(O)c(I)c1)C(=O)OCc1ccccc1. The molecule has 0 saturated carbocycles. The summed E-state index contributed by atoms with van der Waals surface area (Å²) in [5.41, 5.74) is 1.63. The van der Waals surface area contributed by atoms with E-state index in [9.17, 15) is 14.7 Å². The standard InChI is InChI=1S/C18H18INO5/c1-24-18(23)20-15(10-13-7-8-16(21)14(19)9-13)17(22)25-11-12-5-3-2-4-6-12/h2-9,15,21H,10-11H2,1H3,(H,20,23). The van der Waals surface area contributed by atoms with Gasteiger partial charge >= 0.3 is 12.1 Å². The quantitative estimate of drug-likeness (QED) is 0.517. The Balaban J connectivity index is 2.06. The number of carbonyl (C=O) groups excluding carboxylic acids is 2. The normalized spacial score (nSPS) is 11.4. The molecular formula is C18H18INO5. The van der Waals surface area contributed by atoms with Crippen LogP contribution in [0.2, 0.25) is 0 Å². The average Bonchev–Trinajstić information content (AvgIpc) is 2.62. The lowest BCUT2D eigenvalue weighted by molar-refractivity contribution is -0.147. The van der Waals surface area contributed by atoms with Gasteiger partial charge in [0.1, 0.15) is 18.4 Å². The number of amides is 1. The summed E-state index contributed by atoms with van der Waals surface area (Å²) >= 11 is 1.99. The van der Waals surface area contributed by atoms with E-state index in [1.54, 1.807) is 18.2 Å². The van der Waals surface area contributed by atoms with Crippen molar-refractivity contribution in [3.63, 3.8) is 0 Å². The van der Waals surface area contributed by atoms with Crippen molar-refractivity contribution in [1.29, 1.82) is 0 Å². The van der Waals surface area contributed by atoms with Crippen molar-refractivity contribution in [2.24, 2.45) is 0 Å². The van der Waals surface area contributed by atoms with E-state index in [0.717, 1.165) is 11.1 Å². The van der Waals surface area contributed by atoms with Crippen LogP contribution in [0.1, 0.15) is 11.1 Å². The third kappa shape index (κ3) is 5.93. The van der Waals surface area contributed by atoms with Crippen molar-refractivity contribution >= 4 is 34.7 Å². The van der Waals surface area contributed by atoms with Crippen LogP contribution in [-0.2, 0) is 27.3 Å². The van der Waals surface area contributed by atoms with E-state index < -0.39 is 18.1 Å². The number of phenolic OH excluding ortho intramolecular Hbond substituents is 1. The molecule has 2 rings (SSSR count). The van der Waals surface area contributed by atoms with E-state index in [0.29, 0.717) is 3.57 Å². The van der Waals surface area contributed by atoms with E-state index in [1.807, 2.05) is 52.9 Å². The molecule has 0 aliphatic rings. The van der Waals surface area contributed by atoms with Gasteiger partial charge in [0.2, 0.25) is 0 Å². The highest BCUT2D eigenvalue weighted by Crippen LogP contribution is 2.21. The van der Waals surface area contributed by atoms with Gasteiger partial charge in [-0.05, 0) is 45.9 Å². The third-order valence-electron chi connectivity index (χ3n) is 3.44. The molecule has 132 valence electrons. The molecule has 0 aromatic heterocycles. The first kappa shape index (κ1) is 19.0. The zero-order valence-electron chi connectivity index (χ0n) is 13.6. The molecule has 0 saturated heterocycles. The van der Waals surface area contributed by atoms with Gasteiger partial charge in [-0.25, -0.2) is 9.59 Å². The third-order valence-corrected chi connectivity index (χ3v) is 4.30. The average molecular weight is 455 g/mol. The number of ether oxygens (including phenoxy) is 2. The fraction of sp³-hybridized carbons (Fsp3) is 0.222. The highest BCUT2D eigenvalue weighted by Gasteiger charge is 2.23. The number of nitrogens with one attached hydrogen (secondary N) is 1. The topological polar surface area (TPSA) is 84.9 Å². The van der Waals surface area contributed by atoms with Gasteiger partial charge in [0.05, 0.1) is 10.7 Å². The Morgan fingerprint density at radius 2 is 1.88 bits per heavy atom. The van der Waals surface area contributed by atoms with Gasteiger partial charge in [-0.1, -0.05) is 36.4 Å². The molecule has 0 bridgehead atoms. The fourth-order valence-electron chi connectivity index (χ4n) is 2.14. The minimum Gasteiger partial charge on any atom is -0.507 e. The lowest BCUT2D eigenvalue weighted by atomic mass is 10.1. The lowest BCUT2D eigenvalue weighted by Gasteiger charge is -2.17. The van der Waals surface area contributed by atoms with Crippen molar-refractivity contribution in [3.05, 3.63) is 63.2 Å². The molecule has 2 N–H and O–H groups in total. The summed E-state index contributed by atoms with van der Waals surface area (Å²) < 4.78 is 10.5. The smallest absolute Gasteiger partial charge is 0.407 e. The first-order valence-corrected chi connectivity index (χ1v) is 8.60. The van der Waals surface area contributed by atoms with Crippen molar-refractivity contribution in [3.8, 4) is 5.75 Å². The molecule has 1 amide bonds. The number of hydrogen-bond acceptors (Lipinski definition) is 5. The number of aromatic hydroxyl groups is 1. The van der Waals surface area contributed by atoms with Gasteiger partial charge in [0, 0.05) is 6.42 Å². The molecule has 0 heterocycles. The van der Waals surface area contributed by atoms with Crippen LogP contribution in [-0.4, -0.2) is 30.3 Å². The maximum absolute atomic E-state index is 12.4. The highest BCUT2D eigenvalue weighted by molar-refractivity contribution is 14.1. The molecule has 0 radical (unpaired) electrons. The summed E-state index contributed by atoms with van der Waals surface area (Å²) in [4.78, 5) is 23.9. The summed E-state index contributed by atoms with van der Waals surface area (Å²) in [5, 5.41) is 12.1. The minimum atomic E-state index is -0.892. The summed E-state index contributed by atoms with van der Waals surface area (Å²) in [6.45, 7) is 0.117. The number of rotatable bonds is 6. The summed E-state index contributed by atoms with van der Waals surface area (Å²) in [7, 11) is 1.23. The fourth-order valence-corrected chi connectivity index (χ4v) is 2.72. The van der Waals surface area contributed by atoms with Gasteiger partial charge in [0.15, 0.2) is 0 Å². The van der Waals surface area contributed by atoms with Crippen LogP contribution in [0.3, 0.4) is 0 Å². The number of esters is 1. The molecule has 2 aromatic carbocycles. The molecule has 25 heavy (non-hydrogen) atoms. The summed E-state index contributed by atoms with van der Waals surface area (Å²) in [6, 6.07) is 13.4. The molecule has 7 heteroatoms. The van der Waals surface area contributed by atoms with Crippen molar-refractivity contribution < 1.29 is 24.2 Å². The van der Waals surface area contributed by atoms with Gasteiger partial charge in [0.25, 0.3) is 0 Å². The molecule has 0 spiro atoms. The van der Waals surface area contributed by atoms with Crippen LogP contribution < -0.4 is 5.32 Å². The second-order valence-corrected chi connectivity index (χ2v) is 6.43. The highest BCUT2D eigenvalue weighted by atomic mass is 127. The van der Waals surface area contributed by atoms with Crippen LogP contribution in [0.15, 0.2) is 48.5 Å². The first-order chi connectivity index (χ1) is 12.0. The zero-order chi connectivity index (χ0) is 18.2. The second-order valence-electron chi connectivity index (χ2n) is 5.27. The maximum Gasteiger partial charge on any atom is 0.407 e. The van der Waals surface area contributed by atoms with E-state index in [-0.39, 0.29) is 18.8 Å². The molecule has 1 atom stereocenters. The first-order valence-electron chi connectivity index (χ1n) is 7.52. The van der Waals surface area contributed by atoms with Gasteiger partial charge in [-0.3, -0.25) is 0 Å². The van der Waals surface area contributed by atoms with E-state index >= 15 is 0 Å². The number of alkyl carbamates (subject to hydrolysis) is 1.